The number of aromatic nitrogens is 2. The molecule has 4 rings (SSSR count). The van der Waals surface area contributed by atoms with Crippen LogP contribution in [0.15, 0.2) is 24.3 Å². The molecule has 0 spiro atoms. The van der Waals surface area contributed by atoms with Gasteiger partial charge >= 0.3 is 6.03 Å². The Labute approximate surface area is 176 Å². The fourth-order valence-electron chi connectivity index (χ4n) is 3.43. The van der Waals surface area contributed by atoms with E-state index in [1.165, 1.54) is 0 Å². The largest absolute Gasteiger partial charge is 0.486 e. The van der Waals surface area contributed by atoms with E-state index in [0.29, 0.717) is 74.9 Å². The number of nitrogens with zero attached hydrogens (tertiary/aromatic N) is 4. The van der Waals surface area contributed by atoms with Gasteiger partial charge in [-0.05, 0) is 25.5 Å². The lowest BCUT2D eigenvalue weighted by Gasteiger charge is -2.35. The minimum Gasteiger partial charge on any atom is -0.486 e. The average molecular weight is 413 g/mol. The predicted octanol–water partition coefficient (Wildman–Crippen LogP) is 2.70. The van der Waals surface area contributed by atoms with Crippen LogP contribution in [0.25, 0.3) is 0 Å². The zero-order valence-corrected chi connectivity index (χ0v) is 17.4. The molecular weight excluding hydrogens is 386 g/mol. The maximum Gasteiger partial charge on any atom is 0.321 e. The lowest BCUT2D eigenvalue weighted by Crippen LogP contribution is -2.50. The van der Waals surface area contributed by atoms with Crippen molar-refractivity contribution >= 4 is 17.5 Å². The maximum atomic E-state index is 12.7. The van der Waals surface area contributed by atoms with Crippen LogP contribution < -0.4 is 24.4 Å². The molecule has 1 fully saturated rings. The summed E-state index contributed by atoms with van der Waals surface area (Å²) in [6.45, 7) is 8.19. The number of hydrogen-bond acceptors (Lipinski definition) is 7. The Hall–Kier alpha value is -3.23. The summed E-state index contributed by atoms with van der Waals surface area (Å²) in [5, 5.41) is 2.95. The molecule has 0 radical (unpaired) electrons. The van der Waals surface area contributed by atoms with Crippen molar-refractivity contribution in [3.05, 3.63) is 30.1 Å². The molecule has 160 valence electrons. The molecular formula is C21H27N5O4. The number of nitrogens with one attached hydrogen (secondary N) is 1. The molecule has 0 saturated carbocycles. The maximum absolute atomic E-state index is 12.7. The highest BCUT2D eigenvalue weighted by Crippen LogP contribution is 2.32. The van der Waals surface area contributed by atoms with Gasteiger partial charge in [-0.15, -0.1) is 0 Å². The zero-order chi connectivity index (χ0) is 20.9. The summed E-state index contributed by atoms with van der Waals surface area (Å²) in [6, 6.07) is 7.18. The molecule has 1 saturated heterocycles. The summed E-state index contributed by atoms with van der Waals surface area (Å²) in [5.74, 6) is 3.47. The summed E-state index contributed by atoms with van der Waals surface area (Å²) in [4.78, 5) is 25.5. The Morgan fingerprint density at radius 3 is 2.63 bits per heavy atom. The van der Waals surface area contributed by atoms with E-state index in [1.807, 2.05) is 25.1 Å². The van der Waals surface area contributed by atoms with Crippen molar-refractivity contribution < 1.29 is 19.0 Å². The Kier molecular flexibility index (Phi) is 6.06. The number of carbonyl (C=O) groups excluding carboxylic acids is 1. The molecule has 0 atom stereocenters. The van der Waals surface area contributed by atoms with Crippen molar-refractivity contribution in [1.29, 1.82) is 0 Å². The minimum absolute atomic E-state index is 0.128. The average Bonchev–Trinajstić information content (AvgIpc) is 2.77. The van der Waals surface area contributed by atoms with E-state index in [4.69, 9.17) is 14.2 Å². The van der Waals surface area contributed by atoms with Crippen LogP contribution in [0, 0.1) is 6.92 Å². The molecule has 1 N–H and O–H groups in total. The van der Waals surface area contributed by atoms with E-state index in [1.54, 1.807) is 11.0 Å². The van der Waals surface area contributed by atoms with Crippen LogP contribution in [0.3, 0.4) is 0 Å². The molecule has 2 aromatic rings. The van der Waals surface area contributed by atoms with Crippen molar-refractivity contribution in [2.75, 3.05) is 56.2 Å². The van der Waals surface area contributed by atoms with Crippen molar-refractivity contribution in [2.45, 2.75) is 20.3 Å². The second kappa shape index (κ2) is 9.06. The van der Waals surface area contributed by atoms with Gasteiger partial charge in [0.25, 0.3) is 0 Å². The van der Waals surface area contributed by atoms with Gasteiger partial charge < -0.3 is 29.3 Å². The summed E-state index contributed by atoms with van der Waals surface area (Å²) in [5.41, 5.74) is 0.691. The number of rotatable bonds is 5. The van der Waals surface area contributed by atoms with E-state index < -0.39 is 0 Å². The summed E-state index contributed by atoms with van der Waals surface area (Å²) >= 11 is 0. The number of aryl methyl sites for hydroxylation is 1. The third-order valence-electron chi connectivity index (χ3n) is 4.94. The molecule has 1 aromatic heterocycles. The minimum atomic E-state index is -0.128. The first-order valence-electron chi connectivity index (χ1n) is 10.3. The van der Waals surface area contributed by atoms with E-state index >= 15 is 0 Å². The molecule has 3 heterocycles. The quantitative estimate of drug-likeness (QED) is 0.806. The summed E-state index contributed by atoms with van der Waals surface area (Å²) in [6.07, 6.45) is 0.926. The van der Waals surface area contributed by atoms with Crippen molar-refractivity contribution in [3.63, 3.8) is 0 Å². The van der Waals surface area contributed by atoms with E-state index in [0.717, 1.165) is 12.2 Å². The van der Waals surface area contributed by atoms with Gasteiger partial charge in [0.1, 0.15) is 24.9 Å². The number of carbonyl (C=O) groups is 1. The standard InChI is InChI=1S/C21H27N5O4/c1-3-10-30-20-14-19(22-15(2)23-20)25-6-8-26(9-7-25)21(27)24-16-4-5-17-18(13-16)29-12-11-28-17/h4-5,13-14H,3,6-12H2,1-2H3,(H,24,27). The van der Waals surface area contributed by atoms with Crippen LogP contribution in [-0.4, -0.2) is 66.9 Å². The Morgan fingerprint density at radius 2 is 1.87 bits per heavy atom. The van der Waals surface area contributed by atoms with Crippen LogP contribution in [0.1, 0.15) is 19.2 Å². The monoisotopic (exact) mass is 413 g/mol. The third kappa shape index (κ3) is 4.67. The molecule has 9 heteroatoms. The predicted molar refractivity (Wildman–Crippen MR) is 113 cm³/mol. The number of ether oxygens (including phenoxy) is 3. The first-order chi connectivity index (χ1) is 14.6. The molecule has 1 aromatic carbocycles. The highest BCUT2D eigenvalue weighted by atomic mass is 16.6. The van der Waals surface area contributed by atoms with Gasteiger partial charge in [0.2, 0.25) is 5.88 Å². The van der Waals surface area contributed by atoms with Gasteiger partial charge in [0.05, 0.1) is 6.61 Å². The molecule has 0 unspecified atom stereocenters. The van der Waals surface area contributed by atoms with Crippen LogP contribution in [0.5, 0.6) is 17.4 Å². The normalized spacial score (nSPS) is 15.7. The fourth-order valence-corrected chi connectivity index (χ4v) is 3.43. The van der Waals surface area contributed by atoms with Gasteiger partial charge in [-0.1, -0.05) is 6.92 Å². The first kappa shape index (κ1) is 20.1. The molecule has 2 aliphatic rings. The molecule has 9 nitrogen and oxygen atoms in total. The SMILES string of the molecule is CCCOc1cc(N2CCN(C(=O)Nc3ccc4c(c3)OCCO4)CC2)nc(C)n1. The number of hydrogen-bond donors (Lipinski definition) is 1. The topological polar surface area (TPSA) is 89.1 Å². The highest BCUT2D eigenvalue weighted by molar-refractivity contribution is 5.90. The van der Waals surface area contributed by atoms with Crippen LogP contribution in [0.2, 0.25) is 0 Å². The van der Waals surface area contributed by atoms with Crippen molar-refractivity contribution in [1.82, 2.24) is 14.9 Å². The van der Waals surface area contributed by atoms with Crippen LogP contribution in [0.4, 0.5) is 16.3 Å². The Balaban J connectivity index is 1.34. The first-order valence-corrected chi connectivity index (χ1v) is 10.3. The number of piperazine rings is 1. The van der Waals surface area contributed by atoms with Gasteiger partial charge in [-0.2, -0.15) is 4.98 Å². The second-order valence-electron chi connectivity index (χ2n) is 7.22. The Bertz CT molecular complexity index is 899. The van der Waals surface area contributed by atoms with Gasteiger partial charge in [0, 0.05) is 44.0 Å². The fraction of sp³-hybridized carbons (Fsp3) is 0.476. The van der Waals surface area contributed by atoms with Crippen LogP contribution in [-0.2, 0) is 0 Å². The number of fused-ring (bicyclic) bond motifs is 1. The number of urea groups is 1. The Morgan fingerprint density at radius 1 is 1.10 bits per heavy atom. The molecule has 0 bridgehead atoms. The van der Waals surface area contributed by atoms with E-state index in [2.05, 4.69) is 27.1 Å². The lowest BCUT2D eigenvalue weighted by molar-refractivity contribution is 0.171. The third-order valence-corrected chi connectivity index (χ3v) is 4.94. The van der Waals surface area contributed by atoms with E-state index in [9.17, 15) is 4.79 Å². The zero-order valence-electron chi connectivity index (χ0n) is 17.4. The lowest BCUT2D eigenvalue weighted by atomic mass is 10.2. The van der Waals surface area contributed by atoms with Crippen molar-refractivity contribution in [2.24, 2.45) is 0 Å². The molecule has 0 aliphatic carbocycles. The summed E-state index contributed by atoms with van der Waals surface area (Å²) < 4.78 is 16.8. The van der Waals surface area contributed by atoms with Crippen molar-refractivity contribution in [3.8, 4) is 17.4 Å². The molecule has 2 amide bonds. The number of anilines is 2. The number of amides is 2. The highest BCUT2D eigenvalue weighted by Gasteiger charge is 2.23. The molecule has 30 heavy (non-hydrogen) atoms. The smallest absolute Gasteiger partial charge is 0.321 e. The summed E-state index contributed by atoms with van der Waals surface area (Å²) in [7, 11) is 0. The van der Waals surface area contributed by atoms with Gasteiger partial charge in [-0.25, -0.2) is 9.78 Å². The van der Waals surface area contributed by atoms with E-state index in [-0.39, 0.29) is 6.03 Å². The van der Waals surface area contributed by atoms with Crippen LogP contribution >= 0.6 is 0 Å². The number of benzene rings is 1. The van der Waals surface area contributed by atoms with Gasteiger partial charge in [0.15, 0.2) is 11.5 Å². The molecule has 2 aliphatic heterocycles. The van der Waals surface area contributed by atoms with Gasteiger partial charge in [-0.3, -0.25) is 0 Å². The second-order valence-corrected chi connectivity index (χ2v) is 7.22.